The highest BCUT2D eigenvalue weighted by Crippen LogP contribution is 2.30. The van der Waals surface area contributed by atoms with Gasteiger partial charge in [0.2, 0.25) is 0 Å². The molecule has 0 saturated carbocycles. The topological polar surface area (TPSA) is 23.5 Å². The zero-order valence-corrected chi connectivity index (χ0v) is 10.6. The van der Waals surface area contributed by atoms with E-state index in [0.717, 1.165) is 30.6 Å². The van der Waals surface area contributed by atoms with Gasteiger partial charge in [-0.15, -0.1) is 0 Å². The lowest BCUT2D eigenvalue weighted by Gasteiger charge is -2.20. The molecule has 18 heavy (non-hydrogen) atoms. The maximum absolute atomic E-state index is 9.97. The lowest BCUT2D eigenvalue weighted by Crippen LogP contribution is -2.19. The summed E-state index contributed by atoms with van der Waals surface area (Å²) in [4.78, 5) is 2.33. The lowest BCUT2D eigenvalue weighted by atomic mass is 10.1. The van der Waals surface area contributed by atoms with E-state index in [4.69, 9.17) is 0 Å². The van der Waals surface area contributed by atoms with Gasteiger partial charge in [-0.25, -0.2) is 0 Å². The molecule has 0 radical (unpaired) electrons. The Labute approximate surface area is 107 Å². The number of nitrogens with zero attached hydrogens (tertiary/aromatic N) is 1. The van der Waals surface area contributed by atoms with Gasteiger partial charge in [0.15, 0.2) is 0 Å². The summed E-state index contributed by atoms with van der Waals surface area (Å²) in [5.74, 6) is 0.402. The molecule has 0 amide bonds. The normalized spacial score (nSPS) is 13.7. The van der Waals surface area contributed by atoms with Crippen LogP contribution in [0.5, 0.6) is 5.75 Å². The maximum atomic E-state index is 9.97. The first-order valence-corrected chi connectivity index (χ1v) is 6.35. The molecule has 0 fully saturated rings. The molecule has 2 aromatic rings. The summed E-state index contributed by atoms with van der Waals surface area (Å²) >= 11 is 0. The summed E-state index contributed by atoms with van der Waals surface area (Å²) < 4.78 is 0. The van der Waals surface area contributed by atoms with Gasteiger partial charge < -0.3 is 10.0 Å². The van der Waals surface area contributed by atoms with Crippen molar-refractivity contribution in [1.29, 1.82) is 0 Å². The third kappa shape index (κ3) is 1.94. The van der Waals surface area contributed by atoms with Gasteiger partial charge in [0.05, 0.1) is 0 Å². The standard InChI is InChI=1S/C16H17NO/c1-12-6-7-14(16(18)10-12)11-17-9-8-13-4-2-3-5-15(13)17/h2-7,10,18H,8-9,11H2,1H3. The van der Waals surface area contributed by atoms with Gasteiger partial charge in [-0.2, -0.15) is 0 Å². The first-order valence-electron chi connectivity index (χ1n) is 6.35. The molecule has 0 aromatic heterocycles. The van der Waals surface area contributed by atoms with Crippen LogP contribution in [0.4, 0.5) is 5.69 Å². The molecular weight excluding hydrogens is 222 g/mol. The minimum absolute atomic E-state index is 0.402. The van der Waals surface area contributed by atoms with Crippen molar-refractivity contribution in [2.24, 2.45) is 0 Å². The van der Waals surface area contributed by atoms with Crippen LogP contribution < -0.4 is 4.90 Å². The fourth-order valence-electron chi connectivity index (χ4n) is 2.58. The third-order valence-corrected chi connectivity index (χ3v) is 3.59. The van der Waals surface area contributed by atoms with Crippen LogP contribution in [0.3, 0.4) is 0 Å². The molecule has 2 nitrogen and oxygen atoms in total. The first-order chi connectivity index (χ1) is 8.74. The first kappa shape index (κ1) is 11.1. The Balaban J connectivity index is 1.86. The van der Waals surface area contributed by atoms with Crippen LogP contribution >= 0.6 is 0 Å². The van der Waals surface area contributed by atoms with E-state index in [2.05, 4.69) is 35.2 Å². The average Bonchev–Trinajstić information content (AvgIpc) is 2.76. The number of aromatic hydroxyl groups is 1. The molecule has 2 aromatic carbocycles. The smallest absolute Gasteiger partial charge is 0.120 e. The highest BCUT2D eigenvalue weighted by Gasteiger charge is 2.19. The number of phenolic OH excluding ortho intramolecular Hbond substituents is 1. The number of anilines is 1. The van der Waals surface area contributed by atoms with Crippen LogP contribution in [0.2, 0.25) is 0 Å². The summed E-state index contributed by atoms with van der Waals surface area (Å²) in [6.45, 7) is 3.81. The van der Waals surface area contributed by atoms with Crippen molar-refractivity contribution in [1.82, 2.24) is 0 Å². The van der Waals surface area contributed by atoms with E-state index in [1.54, 1.807) is 0 Å². The quantitative estimate of drug-likeness (QED) is 0.869. The van der Waals surface area contributed by atoms with E-state index >= 15 is 0 Å². The molecule has 0 aliphatic carbocycles. The SMILES string of the molecule is Cc1ccc(CN2CCc3ccccc32)c(O)c1. The summed E-state index contributed by atoms with van der Waals surface area (Å²) in [6.07, 6.45) is 1.10. The number of aryl methyl sites for hydroxylation is 1. The van der Waals surface area contributed by atoms with Crippen LogP contribution in [0.1, 0.15) is 16.7 Å². The van der Waals surface area contributed by atoms with Crippen molar-refractivity contribution >= 4 is 5.69 Å². The zero-order chi connectivity index (χ0) is 12.5. The molecule has 0 atom stereocenters. The molecule has 92 valence electrons. The molecule has 0 unspecified atom stereocenters. The summed E-state index contributed by atoms with van der Waals surface area (Å²) in [6, 6.07) is 14.4. The molecule has 1 aliphatic heterocycles. The Morgan fingerprint density at radius 2 is 2.00 bits per heavy atom. The van der Waals surface area contributed by atoms with Crippen molar-refractivity contribution in [3.8, 4) is 5.75 Å². The van der Waals surface area contributed by atoms with Crippen LogP contribution in [0.15, 0.2) is 42.5 Å². The largest absolute Gasteiger partial charge is 0.508 e. The molecular formula is C16H17NO. The summed E-state index contributed by atoms with van der Waals surface area (Å²) in [7, 11) is 0. The molecule has 1 N–H and O–H groups in total. The highest BCUT2D eigenvalue weighted by atomic mass is 16.3. The number of phenols is 1. The van der Waals surface area contributed by atoms with E-state index in [9.17, 15) is 5.11 Å². The zero-order valence-electron chi connectivity index (χ0n) is 10.6. The second-order valence-electron chi connectivity index (χ2n) is 4.93. The molecule has 2 heteroatoms. The Hall–Kier alpha value is -1.96. The van der Waals surface area contributed by atoms with Gasteiger partial charge in [-0.1, -0.05) is 30.3 Å². The highest BCUT2D eigenvalue weighted by molar-refractivity contribution is 5.58. The van der Waals surface area contributed by atoms with Crippen LogP contribution in [0.25, 0.3) is 0 Å². The second-order valence-corrected chi connectivity index (χ2v) is 4.93. The summed E-state index contributed by atoms with van der Waals surface area (Å²) in [5, 5.41) is 9.97. The third-order valence-electron chi connectivity index (χ3n) is 3.59. The number of para-hydroxylation sites is 1. The van der Waals surface area contributed by atoms with Gasteiger partial charge >= 0.3 is 0 Å². The Morgan fingerprint density at radius 3 is 2.83 bits per heavy atom. The van der Waals surface area contributed by atoms with Crippen LogP contribution in [-0.4, -0.2) is 11.7 Å². The van der Waals surface area contributed by atoms with E-state index in [-0.39, 0.29) is 0 Å². The minimum Gasteiger partial charge on any atom is -0.508 e. The van der Waals surface area contributed by atoms with Crippen molar-refractivity contribution in [3.05, 3.63) is 59.2 Å². The van der Waals surface area contributed by atoms with Gasteiger partial charge in [0.1, 0.15) is 5.75 Å². The predicted molar refractivity (Wildman–Crippen MR) is 74.0 cm³/mol. The van der Waals surface area contributed by atoms with Crippen LogP contribution in [-0.2, 0) is 13.0 Å². The molecule has 1 aliphatic rings. The fourth-order valence-corrected chi connectivity index (χ4v) is 2.58. The molecule has 0 saturated heterocycles. The average molecular weight is 239 g/mol. The van der Waals surface area contributed by atoms with Crippen LogP contribution in [0, 0.1) is 6.92 Å². The maximum Gasteiger partial charge on any atom is 0.120 e. The molecule has 1 heterocycles. The lowest BCUT2D eigenvalue weighted by molar-refractivity contribution is 0.467. The van der Waals surface area contributed by atoms with E-state index in [1.165, 1.54) is 11.3 Å². The predicted octanol–water partition coefficient (Wildman–Crippen LogP) is 3.26. The Morgan fingerprint density at radius 1 is 1.17 bits per heavy atom. The second kappa shape index (κ2) is 4.37. The fraction of sp³-hybridized carbons (Fsp3) is 0.250. The van der Waals surface area contributed by atoms with Gasteiger partial charge in [0.25, 0.3) is 0 Å². The number of hydrogen-bond donors (Lipinski definition) is 1. The van der Waals surface area contributed by atoms with E-state index in [1.807, 2.05) is 19.1 Å². The number of benzene rings is 2. The van der Waals surface area contributed by atoms with Gasteiger partial charge in [0, 0.05) is 24.3 Å². The monoisotopic (exact) mass is 239 g/mol. The van der Waals surface area contributed by atoms with Gasteiger partial charge in [-0.3, -0.25) is 0 Å². The van der Waals surface area contributed by atoms with E-state index < -0.39 is 0 Å². The molecule has 0 spiro atoms. The minimum atomic E-state index is 0.402. The Kier molecular flexibility index (Phi) is 2.71. The van der Waals surface area contributed by atoms with E-state index in [0.29, 0.717) is 5.75 Å². The molecule has 3 rings (SSSR count). The van der Waals surface area contributed by atoms with Gasteiger partial charge in [-0.05, 0) is 36.6 Å². The van der Waals surface area contributed by atoms with Crippen molar-refractivity contribution < 1.29 is 5.11 Å². The number of fused-ring (bicyclic) bond motifs is 1. The van der Waals surface area contributed by atoms with Crippen molar-refractivity contribution in [2.45, 2.75) is 19.9 Å². The number of rotatable bonds is 2. The molecule has 0 bridgehead atoms. The Bertz CT molecular complexity index is 577. The van der Waals surface area contributed by atoms with Crippen molar-refractivity contribution in [3.63, 3.8) is 0 Å². The van der Waals surface area contributed by atoms with Crippen molar-refractivity contribution in [2.75, 3.05) is 11.4 Å². The number of hydrogen-bond acceptors (Lipinski definition) is 2. The summed E-state index contributed by atoms with van der Waals surface area (Å²) in [5.41, 5.74) is 4.80.